The van der Waals surface area contributed by atoms with Crippen molar-refractivity contribution in [2.45, 2.75) is 6.92 Å². The Morgan fingerprint density at radius 3 is 2.39 bits per heavy atom. The number of aryl methyl sites for hydroxylation is 1. The predicted molar refractivity (Wildman–Crippen MR) is 103 cm³/mol. The molecule has 4 rings (SSSR count). The minimum Gasteiger partial charge on any atom is -0.492 e. The van der Waals surface area contributed by atoms with Gasteiger partial charge in [0.05, 0.1) is 11.4 Å². The minimum atomic E-state index is -0.131. The quantitative estimate of drug-likeness (QED) is 0.513. The lowest BCUT2D eigenvalue weighted by atomic mass is 10.1. The van der Waals surface area contributed by atoms with Gasteiger partial charge in [-0.15, -0.1) is 10.2 Å². The number of aromatic amines is 1. The topological polar surface area (TPSA) is 115 Å². The zero-order valence-corrected chi connectivity index (χ0v) is 14.9. The summed E-state index contributed by atoms with van der Waals surface area (Å²) in [4.78, 5) is 0. The van der Waals surface area contributed by atoms with Gasteiger partial charge in [0.1, 0.15) is 17.3 Å². The summed E-state index contributed by atoms with van der Waals surface area (Å²) < 4.78 is 1.39. The standard InChI is InChI=1S/C20H15N7O/c1-13-17(20(28)27(26-13)15-10-6-3-7-11-15)22-24-19-16(12-21)18(23-25-19)14-8-4-2-5-9-14/h2-11,28H,1H3,(H,23,25)/b24-22+. The van der Waals surface area contributed by atoms with Crippen molar-refractivity contribution in [2.24, 2.45) is 10.2 Å². The van der Waals surface area contributed by atoms with Gasteiger partial charge in [0.15, 0.2) is 11.5 Å². The molecule has 8 nitrogen and oxygen atoms in total. The van der Waals surface area contributed by atoms with Gasteiger partial charge in [0, 0.05) is 5.56 Å². The molecule has 0 amide bonds. The van der Waals surface area contributed by atoms with Gasteiger partial charge in [-0.1, -0.05) is 48.5 Å². The van der Waals surface area contributed by atoms with Crippen LogP contribution in [0.2, 0.25) is 0 Å². The van der Waals surface area contributed by atoms with Gasteiger partial charge in [-0.05, 0) is 19.1 Å². The highest BCUT2D eigenvalue weighted by Gasteiger charge is 2.17. The Hall–Kier alpha value is -4.25. The number of hydrogen-bond donors (Lipinski definition) is 2. The maximum Gasteiger partial charge on any atom is 0.243 e. The molecule has 2 aromatic carbocycles. The van der Waals surface area contributed by atoms with E-state index < -0.39 is 0 Å². The van der Waals surface area contributed by atoms with Crippen molar-refractivity contribution in [3.63, 3.8) is 0 Å². The van der Waals surface area contributed by atoms with Crippen LogP contribution in [0.1, 0.15) is 11.3 Å². The van der Waals surface area contributed by atoms with Crippen LogP contribution in [0.3, 0.4) is 0 Å². The zero-order chi connectivity index (χ0) is 19.5. The Bertz CT molecular complexity index is 1180. The number of H-pyrrole nitrogens is 1. The highest BCUT2D eigenvalue weighted by atomic mass is 16.3. The first-order valence-electron chi connectivity index (χ1n) is 8.48. The number of aromatic nitrogens is 4. The van der Waals surface area contributed by atoms with Crippen molar-refractivity contribution >= 4 is 11.5 Å². The first kappa shape index (κ1) is 17.2. The Morgan fingerprint density at radius 1 is 1.04 bits per heavy atom. The third-order valence-corrected chi connectivity index (χ3v) is 4.16. The van der Waals surface area contributed by atoms with E-state index in [1.165, 1.54) is 4.68 Å². The second-order valence-corrected chi connectivity index (χ2v) is 5.98. The van der Waals surface area contributed by atoms with Crippen LogP contribution in [0.25, 0.3) is 16.9 Å². The Morgan fingerprint density at radius 2 is 1.71 bits per heavy atom. The third kappa shape index (κ3) is 3.01. The highest BCUT2D eigenvalue weighted by Crippen LogP contribution is 2.34. The second kappa shape index (κ2) is 7.17. The molecule has 28 heavy (non-hydrogen) atoms. The number of para-hydroxylation sites is 1. The molecule has 0 unspecified atom stereocenters. The summed E-state index contributed by atoms with van der Waals surface area (Å²) in [6.45, 7) is 1.72. The van der Waals surface area contributed by atoms with Crippen molar-refractivity contribution in [3.8, 4) is 28.9 Å². The molecule has 0 saturated carbocycles. The van der Waals surface area contributed by atoms with Crippen LogP contribution in [-0.2, 0) is 0 Å². The molecule has 2 aromatic heterocycles. The number of nitrogens with one attached hydrogen (secondary N) is 1. The molecule has 8 heteroatoms. The van der Waals surface area contributed by atoms with E-state index in [0.29, 0.717) is 17.1 Å². The molecule has 0 saturated heterocycles. The lowest BCUT2D eigenvalue weighted by Gasteiger charge is -2.01. The fourth-order valence-electron chi connectivity index (χ4n) is 2.79. The van der Waals surface area contributed by atoms with E-state index >= 15 is 0 Å². The predicted octanol–water partition coefficient (Wildman–Crippen LogP) is 4.56. The van der Waals surface area contributed by atoms with Crippen molar-refractivity contribution < 1.29 is 5.11 Å². The zero-order valence-electron chi connectivity index (χ0n) is 14.9. The van der Waals surface area contributed by atoms with Crippen LogP contribution < -0.4 is 0 Å². The van der Waals surface area contributed by atoms with Crippen LogP contribution in [-0.4, -0.2) is 25.1 Å². The van der Waals surface area contributed by atoms with E-state index in [2.05, 4.69) is 31.6 Å². The lowest BCUT2D eigenvalue weighted by molar-refractivity contribution is 0.434. The number of benzene rings is 2. The van der Waals surface area contributed by atoms with E-state index in [-0.39, 0.29) is 22.9 Å². The first-order chi connectivity index (χ1) is 13.7. The molecule has 0 bridgehead atoms. The largest absolute Gasteiger partial charge is 0.492 e. The lowest BCUT2D eigenvalue weighted by Crippen LogP contribution is -1.94. The molecule has 0 atom stereocenters. The Labute approximate surface area is 160 Å². The molecule has 2 N–H and O–H groups in total. The molecule has 0 radical (unpaired) electrons. The smallest absolute Gasteiger partial charge is 0.243 e. The molecule has 2 heterocycles. The summed E-state index contributed by atoms with van der Waals surface area (Å²) in [5, 5.41) is 39.5. The number of rotatable bonds is 4. The van der Waals surface area contributed by atoms with Crippen molar-refractivity contribution in [1.82, 2.24) is 20.0 Å². The monoisotopic (exact) mass is 369 g/mol. The van der Waals surface area contributed by atoms with Gasteiger partial charge >= 0.3 is 0 Å². The molecule has 0 fully saturated rings. The summed E-state index contributed by atoms with van der Waals surface area (Å²) in [5.74, 6) is 0.0846. The molecular weight excluding hydrogens is 354 g/mol. The summed E-state index contributed by atoms with van der Waals surface area (Å²) in [6, 6.07) is 20.7. The third-order valence-electron chi connectivity index (χ3n) is 4.16. The van der Waals surface area contributed by atoms with E-state index in [1.807, 2.05) is 60.7 Å². The minimum absolute atomic E-state index is 0.131. The van der Waals surface area contributed by atoms with Gasteiger partial charge in [0.25, 0.3) is 0 Å². The van der Waals surface area contributed by atoms with Crippen LogP contribution >= 0.6 is 0 Å². The molecule has 0 spiro atoms. The first-order valence-corrected chi connectivity index (χ1v) is 8.48. The molecule has 0 aliphatic heterocycles. The number of aromatic hydroxyl groups is 1. The fourth-order valence-corrected chi connectivity index (χ4v) is 2.79. The molecule has 136 valence electrons. The average molecular weight is 369 g/mol. The van der Waals surface area contributed by atoms with Crippen LogP contribution in [0.5, 0.6) is 5.88 Å². The summed E-state index contributed by atoms with van der Waals surface area (Å²) >= 11 is 0. The van der Waals surface area contributed by atoms with Gasteiger partial charge in [-0.2, -0.15) is 20.1 Å². The highest BCUT2D eigenvalue weighted by molar-refractivity contribution is 5.71. The normalized spacial score (nSPS) is 11.0. The summed E-state index contributed by atoms with van der Waals surface area (Å²) in [5.41, 5.74) is 3.01. The van der Waals surface area contributed by atoms with E-state index in [0.717, 1.165) is 5.56 Å². The Balaban J connectivity index is 1.71. The second-order valence-electron chi connectivity index (χ2n) is 5.98. The van der Waals surface area contributed by atoms with Gasteiger partial charge in [-0.3, -0.25) is 5.10 Å². The van der Waals surface area contributed by atoms with Crippen LogP contribution in [0.4, 0.5) is 11.5 Å². The summed E-state index contributed by atoms with van der Waals surface area (Å²) in [7, 11) is 0. The van der Waals surface area contributed by atoms with Crippen LogP contribution in [0.15, 0.2) is 70.9 Å². The Kier molecular flexibility index (Phi) is 4.40. The van der Waals surface area contributed by atoms with Crippen molar-refractivity contribution in [2.75, 3.05) is 0 Å². The van der Waals surface area contributed by atoms with Crippen LogP contribution in [0, 0.1) is 18.3 Å². The molecule has 0 aliphatic rings. The summed E-state index contributed by atoms with van der Waals surface area (Å²) in [6.07, 6.45) is 0. The van der Waals surface area contributed by atoms with E-state index in [1.54, 1.807) is 6.92 Å². The van der Waals surface area contributed by atoms with Gasteiger partial charge in [0.2, 0.25) is 5.88 Å². The number of azo groups is 1. The van der Waals surface area contributed by atoms with Gasteiger partial charge in [-0.25, -0.2) is 0 Å². The van der Waals surface area contributed by atoms with Crippen molar-refractivity contribution in [1.29, 1.82) is 5.26 Å². The molecule has 4 aromatic rings. The maximum absolute atomic E-state index is 10.5. The van der Waals surface area contributed by atoms with E-state index in [4.69, 9.17) is 0 Å². The SMILES string of the molecule is Cc1nn(-c2ccccc2)c(O)c1/N=N/c1[nH]nc(-c2ccccc2)c1C#N. The average Bonchev–Trinajstić information content (AvgIpc) is 3.28. The van der Waals surface area contributed by atoms with Crippen molar-refractivity contribution in [3.05, 3.63) is 71.9 Å². The number of nitriles is 1. The fraction of sp³-hybridized carbons (Fsp3) is 0.0500. The number of hydrogen-bond acceptors (Lipinski definition) is 6. The molecule has 0 aliphatic carbocycles. The van der Waals surface area contributed by atoms with Gasteiger partial charge < -0.3 is 5.11 Å². The molecular formula is C20H15N7O. The van der Waals surface area contributed by atoms with E-state index in [9.17, 15) is 10.4 Å². The number of nitrogens with zero attached hydrogens (tertiary/aromatic N) is 6. The maximum atomic E-state index is 10.5.